The van der Waals surface area contributed by atoms with Crippen molar-refractivity contribution in [2.75, 3.05) is 18.4 Å². The minimum absolute atomic E-state index is 0.132. The van der Waals surface area contributed by atoms with Gasteiger partial charge in [-0.1, -0.05) is 37.6 Å². The maximum absolute atomic E-state index is 12.5. The average molecular weight is 359 g/mol. The molecule has 1 unspecified atom stereocenters. The number of nitrogens with zero attached hydrogens (tertiary/aromatic N) is 1. The van der Waals surface area contributed by atoms with Gasteiger partial charge in [-0.15, -0.1) is 0 Å². The molecule has 132 valence electrons. The predicted octanol–water partition coefficient (Wildman–Crippen LogP) is 4.12. The summed E-state index contributed by atoms with van der Waals surface area (Å²) in [4.78, 5) is 14.9. The SMILES string of the molecule is CCN(CC)Cc1cccc(NC(=O)C2Cc3cc(Cl)ccc3O2)c1. The molecule has 1 N–H and O–H groups in total. The number of rotatable bonds is 6. The fourth-order valence-electron chi connectivity index (χ4n) is 3.04. The Morgan fingerprint density at radius 1 is 1.24 bits per heavy atom. The maximum Gasteiger partial charge on any atom is 0.265 e. The molecule has 1 amide bonds. The van der Waals surface area contributed by atoms with Crippen LogP contribution >= 0.6 is 11.6 Å². The van der Waals surface area contributed by atoms with Gasteiger partial charge >= 0.3 is 0 Å². The normalized spacial score (nSPS) is 15.8. The number of anilines is 1. The molecule has 4 nitrogen and oxygen atoms in total. The molecule has 2 aromatic rings. The molecule has 0 radical (unpaired) electrons. The Morgan fingerprint density at radius 3 is 2.80 bits per heavy atom. The van der Waals surface area contributed by atoms with Crippen LogP contribution in [-0.2, 0) is 17.8 Å². The van der Waals surface area contributed by atoms with Gasteiger partial charge in [0.05, 0.1) is 0 Å². The molecule has 0 saturated heterocycles. The fourth-order valence-corrected chi connectivity index (χ4v) is 3.23. The monoisotopic (exact) mass is 358 g/mol. The van der Waals surface area contributed by atoms with E-state index in [4.69, 9.17) is 16.3 Å². The van der Waals surface area contributed by atoms with E-state index in [0.717, 1.165) is 36.6 Å². The number of halogens is 1. The highest BCUT2D eigenvalue weighted by molar-refractivity contribution is 6.30. The Hall–Kier alpha value is -2.04. The van der Waals surface area contributed by atoms with Crippen molar-refractivity contribution in [1.29, 1.82) is 0 Å². The Morgan fingerprint density at radius 2 is 2.04 bits per heavy atom. The van der Waals surface area contributed by atoms with Crippen molar-refractivity contribution in [3.8, 4) is 5.75 Å². The van der Waals surface area contributed by atoms with Crippen molar-refractivity contribution in [2.45, 2.75) is 32.9 Å². The van der Waals surface area contributed by atoms with Crippen LogP contribution in [0.5, 0.6) is 5.75 Å². The van der Waals surface area contributed by atoms with Crippen molar-refractivity contribution in [1.82, 2.24) is 4.90 Å². The van der Waals surface area contributed by atoms with Gasteiger partial charge in [0.2, 0.25) is 0 Å². The number of fused-ring (bicyclic) bond motifs is 1. The van der Waals surface area contributed by atoms with E-state index in [1.54, 1.807) is 6.07 Å². The number of nitrogens with one attached hydrogen (secondary N) is 1. The zero-order valence-electron chi connectivity index (χ0n) is 14.6. The number of carbonyl (C=O) groups is 1. The topological polar surface area (TPSA) is 41.6 Å². The molecule has 1 atom stereocenters. The third-order valence-corrected chi connectivity index (χ3v) is 4.72. The first-order chi connectivity index (χ1) is 12.1. The summed E-state index contributed by atoms with van der Waals surface area (Å²) in [5.74, 6) is 0.604. The summed E-state index contributed by atoms with van der Waals surface area (Å²) in [6.07, 6.45) is 0.0285. The van der Waals surface area contributed by atoms with Gasteiger partial charge in [0.25, 0.3) is 5.91 Å². The molecular formula is C20H23ClN2O2. The molecule has 25 heavy (non-hydrogen) atoms. The second-order valence-corrected chi connectivity index (χ2v) is 6.65. The van der Waals surface area contributed by atoms with Crippen LogP contribution in [0.4, 0.5) is 5.69 Å². The molecule has 5 heteroatoms. The summed E-state index contributed by atoms with van der Waals surface area (Å²) in [6.45, 7) is 7.18. The smallest absolute Gasteiger partial charge is 0.265 e. The zero-order valence-corrected chi connectivity index (χ0v) is 15.3. The Bertz CT molecular complexity index is 759. The largest absolute Gasteiger partial charge is 0.480 e. The lowest BCUT2D eigenvalue weighted by Crippen LogP contribution is -2.31. The summed E-state index contributed by atoms with van der Waals surface area (Å²) in [6, 6.07) is 13.4. The number of hydrogen-bond donors (Lipinski definition) is 1. The third-order valence-electron chi connectivity index (χ3n) is 4.48. The highest BCUT2D eigenvalue weighted by Gasteiger charge is 2.29. The van der Waals surface area contributed by atoms with Crippen LogP contribution < -0.4 is 10.1 Å². The van der Waals surface area contributed by atoms with E-state index in [9.17, 15) is 4.79 Å². The van der Waals surface area contributed by atoms with Crippen LogP contribution in [0, 0.1) is 0 Å². The van der Waals surface area contributed by atoms with Crippen LogP contribution in [0.2, 0.25) is 5.02 Å². The highest BCUT2D eigenvalue weighted by atomic mass is 35.5. The molecule has 1 aliphatic rings. The van der Waals surface area contributed by atoms with Gasteiger partial charge in [0.1, 0.15) is 5.75 Å². The van der Waals surface area contributed by atoms with Gasteiger partial charge in [-0.2, -0.15) is 0 Å². The van der Waals surface area contributed by atoms with Crippen LogP contribution in [0.25, 0.3) is 0 Å². The first-order valence-electron chi connectivity index (χ1n) is 8.66. The standard InChI is InChI=1S/C20H23ClN2O2/c1-3-23(4-2)13-14-6-5-7-17(10-14)22-20(24)19-12-15-11-16(21)8-9-18(15)25-19/h5-11,19H,3-4,12-13H2,1-2H3,(H,22,24). The van der Waals surface area contributed by atoms with Crippen molar-refractivity contribution in [2.24, 2.45) is 0 Å². The number of benzene rings is 2. The van der Waals surface area contributed by atoms with Crippen molar-refractivity contribution < 1.29 is 9.53 Å². The number of amides is 1. The van der Waals surface area contributed by atoms with Gasteiger partial charge in [-0.25, -0.2) is 0 Å². The molecule has 0 fully saturated rings. The lowest BCUT2D eigenvalue weighted by Gasteiger charge is -2.18. The molecule has 0 aromatic heterocycles. The quantitative estimate of drug-likeness (QED) is 0.844. The molecular weight excluding hydrogens is 336 g/mol. The van der Waals surface area contributed by atoms with Gasteiger partial charge in [-0.3, -0.25) is 9.69 Å². The van der Waals surface area contributed by atoms with E-state index in [1.165, 1.54) is 5.56 Å². The third kappa shape index (κ3) is 4.33. The molecule has 0 aliphatic carbocycles. The zero-order chi connectivity index (χ0) is 17.8. The summed E-state index contributed by atoms with van der Waals surface area (Å²) < 4.78 is 5.75. The first kappa shape index (κ1) is 17.8. The summed E-state index contributed by atoms with van der Waals surface area (Å²) in [7, 11) is 0. The van der Waals surface area contributed by atoms with Crippen LogP contribution in [0.3, 0.4) is 0 Å². The fraction of sp³-hybridized carbons (Fsp3) is 0.350. The van der Waals surface area contributed by atoms with Crippen LogP contribution in [-0.4, -0.2) is 30.0 Å². The molecule has 3 rings (SSSR count). The number of ether oxygens (including phenoxy) is 1. The number of carbonyl (C=O) groups excluding carboxylic acids is 1. The Balaban J connectivity index is 1.64. The van der Waals surface area contributed by atoms with Crippen molar-refractivity contribution in [3.05, 3.63) is 58.6 Å². The minimum atomic E-state index is -0.514. The lowest BCUT2D eigenvalue weighted by molar-refractivity contribution is -0.122. The molecule has 0 bridgehead atoms. The predicted molar refractivity (Wildman–Crippen MR) is 101 cm³/mol. The lowest BCUT2D eigenvalue weighted by atomic mass is 10.1. The minimum Gasteiger partial charge on any atom is -0.480 e. The van der Waals surface area contributed by atoms with E-state index < -0.39 is 6.10 Å². The molecule has 1 heterocycles. The Labute approximate surface area is 153 Å². The molecule has 1 aliphatic heterocycles. The second kappa shape index (κ2) is 7.89. The van der Waals surface area contributed by atoms with E-state index in [1.807, 2.05) is 30.3 Å². The second-order valence-electron chi connectivity index (χ2n) is 6.21. The highest BCUT2D eigenvalue weighted by Crippen LogP contribution is 2.31. The first-order valence-corrected chi connectivity index (χ1v) is 9.04. The Kier molecular flexibility index (Phi) is 5.61. The summed E-state index contributed by atoms with van der Waals surface area (Å²) >= 11 is 6.00. The summed E-state index contributed by atoms with van der Waals surface area (Å²) in [5, 5.41) is 3.63. The van der Waals surface area contributed by atoms with E-state index in [-0.39, 0.29) is 5.91 Å². The van der Waals surface area contributed by atoms with Crippen molar-refractivity contribution >= 4 is 23.2 Å². The van der Waals surface area contributed by atoms with Gasteiger partial charge in [-0.05, 0) is 54.5 Å². The van der Waals surface area contributed by atoms with Gasteiger partial charge < -0.3 is 10.1 Å². The van der Waals surface area contributed by atoms with Gasteiger partial charge in [0.15, 0.2) is 6.10 Å². The van der Waals surface area contributed by atoms with E-state index in [0.29, 0.717) is 11.4 Å². The molecule has 0 saturated carbocycles. The van der Waals surface area contributed by atoms with Crippen molar-refractivity contribution in [3.63, 3.8) is 0 Å². The van der Waals surface area contributed by atoms with E-state index in [2.05, 4.69) is 30.1 Å². The van der Waals surface area contributed by atoms with E-state index >= 15 is 0 Å². The maximum atomic E-state index is 12.5. The molecule has 2 aromatic carbocycles. The molecule has 0 spiro atoms. The summed E-state index contributed by atoms with van der Waals surface area (Å²) in [5.41, 5.74) is 2.96. The number of hydrogen-bond acceptors (Lipinski definition) is 3. The average Bonchev–Trinajstić information content (AvgIpc) is 3.03. The van der Waals surface area contributed by atoms with Crippen LogP contribution in [0.15, 0.2) is 42.5 Å². The van der Waals surface area contributed by atoms with Gasteiger partial charge in [0, 0.05) is 23.7 Å². The van der Waals surface area contributed by atoms with Crippen LogP contribution in [0.1, 0.15) is 25.0 Å².